The van der Waals surface area contributed by atoms with E-state index in [0.29, 0.717) is 6.04 Å². The second-order valence-electron chi connectivity index (χ2n) is 3.89. The largest absolute Gasteiger partial charge is 0.338 e. The first-order valence-electron chi connectivity index (χ1n) is 5.50. The Labute approximate surface area is 86.0 Å². The zero-order valence-corrected chi connectivity index (χ0v) is 9.18. The summed E-state index contributed by atoms with van der Waals surface area (Å²) in [5.41, 5.74) is 0. The maximum Gasteiger partial charge on any atom is 0.317 e. The number of urea groups is 1. The molecule has 4 nitrogen and oxygen atoms in total. The summed E-state index contributed by atoms with van der Waals surface area (Å²) in [7, 11) is 0. The third-order valence-corrected chi connectivity index (χ3v) is 2.46. The number of carbonyl (C=O) groups is 1. The van der Waals surface area contributed by atoms with Gasteiger partial charge in [0.1, 0.15) is 0 Å². The fraction of sp³-hybridized carbons (Fsp3) is 0.900. The van der Waals surface area contributed by atoms with Crippen LogP contribution in [-0.4, -0.2) is 43.2 Å². The molecule has 1 atom stereocenters. The van der Waals surface area contributed by atoms with Gasteiger partial charge in [-0.3, -0.25) is 0 Å². The van der Waals surface area contributed by atoms with Gasteiger partial charge in [-0.25, -0.2) is 4.79 Å². The minimum Gasteiger partial charge on any atom is -0.338 e. The van der Waals surface area contributed by atoms with Gasteiger partial charge in [0.15, 0.2) is 0 Å². The van der Waals surface area contributed by atoms with Crippen molar-refractivity contribution in [3.05, 3.63) is 0 Å². The van der Waals surface area contributed by atoms with Crippen LogP contribution in [0.2, 0.25) is 0 Å². The predicted molar refractivity (Wildman–Crippen MR) is 57.3 cm³/mol. The molecule has 1 rings (SSSR count). The molecule has 1 aliphatic heterocycles. The molecule has 4 heteroatoms. The lowest BCUT2D eigenvalue weighted by molar-refractivity contribution is 0.179. The van der Waals surface area contributed by atoms with Crippen LogP contribution in [0.15, 0.2) is 0 Å². The van der Waals surface area contributed by atoms with Crippen LogP contribution in [-0.2, 0) is 0 Å². The van der Waals surface area contributed by atoms with E-state index in [4.69, 9.17) is 0 Å². The molecule has 0 aromatic carbocycles. The minimum absolute atomic E-state index is 0.0896. The van der Waals surface area contributed by atoms with Crippen LogP contribution in [0.1, 0.15) is 26.7 Å². The van der Waals surface area contributed by atoms with Gasteiger partial charge in [0.05, 0.1) is 0 Å². The van der Waals surface area contributed by atoms with E-state index < -0.39 is 0 Å². The number of amides is 2. The van der Waals surface area contributed by atoms with Gasteiger partial charge in [-0.2, -0.15) is 0 Å². The zero-order valence-electron chi connectivity index (χ0n) is 9.18. The second-order valence-corrected chi connectivity index (χ2v) is 3.89. The third-order valence-electron chi connectivity index (χ3n) is 2.46. The molecule has 0 spiro atoms. The number of carbonyl (C=O) groups excluding carboxylic acids is 1. The number of hydrogen-bond donors (Lipinski definition) is 2. The molecular formula is C10H21N3O. The Hall–Kier alpha value is -0.770. The van der Waals surface area contributed by atoms with Gasteiger partial charge in [0.25, 0.3) is 0 Å². The smallest absolute Gasteiger partial charge is 0.317 e. The monoisotopic (exact) mass is 199 g/mol. The quantitative estimate of drug-likeness (QED) is 0.660. The summed E-state index contributed by atoms with van der Waals surface area (Å²) in [5, 5.41) is 6.25. The molecule has 0 bridgehead atoms. The molecule has 0 aromatic rings. The fourth-order valence-electron chi connectivity index (χ4n) is 1.60. The topological polar surface area (TPSA) is 44.4 Å². The van der Waals surface area contributed by atoms with Gasteiger partial charge in [-0.05, 0) is 13.3 Å². The van der Waals surface area contributed by atoms with Crippen LogP contribution in [0.3, 0.4) is 0 Å². The Morgan fingerprint density at radius 2 is 2.43 bits per heavy atom. The number of rotatable bonds is 3. The van der Waals surface area contributed by atoms with Gasteiger partial charge in [0, 0.05) is 32.2 Å². The molecule has 82 valence electrons. The van der Waals surface area contributed by atoms with Crippen molar-refractivity contribution in [3.8, 4) is 0 Å². The van der Waals surface area contributed by atoms with E-state index in [1.165, 1.54) is 0 Å². The van der Waals surface area contributed by atoms with Crippen LogP contribution in [0.4, 0.5) is 4.79 Å². The minimum atomic E-state index is 0.0896. The van der Waals surface area contributed by atoms with Crippen molar-refractivity contribution in [2.24, 2.45) is 0 Å². The van der Waals surface area contributed by atoms with Crippen LogP contribution in [0.5, 0.6) is 0 Å². The lowest BCUT2D eigenvalue weighted by Crippen LogP contribution is -2.54. The fourth-order valence-corrected chi connectivity index (χ4v) is 1.60. The molecule has 0 unspecified atom stereocenters. The van der Waals surface area contributed by atoms with Crippen LogP contribution in [0.25, 0.3) is 0 Å². The summed E-state index contributed by atoms with van der Waals surface area (Å²) in [6, 6.07) is 0.507. The van der Waals surface area contributed by atoms with Crippen molar-refractivity contribution < 1.29 is 4.79 Å². The van der Waals surface area contributed by atoms with Crippen molar-refractivity contribution in [1.29, 1.82) is 0 Å². The maximum atomic E-state index is 11.6. The van der Waals surface area contributed by atoms with E-state index in [0.717, 1.165) is 39.0 Å². The summed E-state index contributed by atoms with van der Waals surface area (Å²) in [5.74, 6) is 0. The second kappa shape index (κ2) is 5.86. The zero-order chi connectivity index (χ0) is 10.4. The number of nitrogens with one attached hydrogen (secondary N) is 2. The number of unbranched alkanes of at least 4 members (excludes halogenated alkanes) is 1. The van der Waals surface area contributed by atoms with Crippen molar-refractivity contribution in [3.63, 3.8) is 0 Å². The summed E-state index contributed by atoms with van der Waals surface area (Å²) >= 11 is 0. The average Bonchev–Trinajstić information content (AvgIpc) is 2.18. The van der Waals surface area contributed by atoms with Crippen LogP contribution in [0, 0.1) is 0 Å². The highest BCUT2D eigenvalue weighted by Gasteiger charge is 2.19. The highest BCUT2D eigenvalue weighted by molar-refractivity contribution is 5.74. The predicted octanol–water partition coefficient (Wildman–Crippen LogP) is 0.790. The van der Waals surface area contributed by atoms with Gasteiger partial charge in [-0.15, -0.1) is 0 Å². The third kappa shape index (κ3) is 3.54. The van der Waals surface area contributed by atoms with E-state index in [1.54, 1.807) is 0 Å². The first-order chi connectivity index (χ1) is 6.74. The highest BCUT2D eigenvalue weighted by atomic mass is 16.2. The summed E-state index contributed by atoms with van der Waals surface area (Å²) < 4.78 is 0. The molecule has 1 heterocycles. The van der Waals surface area contributed by atoms with E-state index in [9.17, 15) is 4.79 Å². The first kappa shape index (κ1) is 11.3. The number of hydrogen-bond acceptors (Lipinski definition) is 2. The molecular weight excluding hydrogens is 178 g/mol. The normalized spacial score (nSPS) is 22.1. The molecule has 0 saturated carbocycles. The van der Waals surface area contributed by atoms with Crippen molar-refractivity contribution >= 4 is 6.03 Å². The molecule has 1 fully saturated rings. The number of piperazine rings is 1. The van der Waals surface area contributed by atoms with E-state index in [-0.39, 0.29) is 6.03 Å². The number of nitrogens with zero attached hydrogens (tertiary/aromatic N) is 1. The molecule has 1 aliphatic rings. The Kier molecular flexibility index (Phi) is 4.73. The van der Waals surface area contributed by atoms with Gasteiger partial charge < -0.3 is 15.5 Å². The van der Waals surface area contributed by atoms with Gasteiger partial charge in [-0.1, -0.05) is 13.3 Å². The molecule has 2 N–H and O–H groups in total. The lowest BCUT2D eigenvalue weighted by Gasteiger charge is -2.31. The molecule has 0 radical (unpaired) electrons. The SMILES string of the molecule is CCCCNC(=O)N1CCN[C@@H](C)C1. The standard InChI is InChI=1S/C10H21N3O/c1-3-4-5-12-10(14)13-7-6-11-9(2)8-13/h9,11H,3-8H2,1-2H3,(H,12,14)/t9-/m0/s1. The van der Waals surface area contributed by atoms with Crippen molar-refractivity contribution in [1.82, 2.24) is 15.5 Å². The Balaban J connectivity index is 2.22. The summed E-state index contributed by atoms with van der Waals surface area (Å²) in [6.45, 7) is 7.57. The molecule has 2 amide bonds. The van der Waals surface area contributed by atoms with Crippen molar-refractivity contribution in [2.45, 2.75) is 32.7 Å². The summed E-state index contributed by atoms with van der Waals surface area (Å²) in [4.78, 5) is 13.5. The Bertz CT molecular complexity index is 184. The molecule has 1 saturated heterocycles. The first-order valence-corrected chi connectivity index (χ1v) is 5.50. The van der Waals surface area contributed by atoms with Crippen LogP contribution < -0.4 is 10.6 Å². The van der Waals surface area contributed by atoms with Gasteiger partial charge >= 0.3 is 6.03 Å². The molecule has 0 aliphatic carbocycles. The Morgan fingerprint density at radius 1 is 1.64 bits per heavy atom. The van der Waals surface area contributed by atoms with Crippen molar-refractivity contribution in [2.75, 3.05) is 26.2 Å². The van der Waals surface area contributed by atoms with Gasteiger partial charge in [0.2, 0.25) is 0 Å². The molecule has 14 heavy (non-hydrogen) atoms. The van der Waals surface area contributed by atoms with Crippen LogP contribution >= 0.6 is 0 Å². The average molecular weight is 199 g/mol. The highest BCUT2D eigenvalue weighted by Crippen LogP contribution is 1.98. The molecule has 0 aromatic heterocycles. The lowest BCUT2D eigenvalue weighted by atomic mass is 10.2. The van der Waals surface area contributed by atoms with E-state index in [2.05, 4.69) is 24.5 Å². The van der Waals surface area contributed by atoms with E-state index >= 15 is 0 Å². The summed E-state index contributed by atoms with van der Waals surface area (Å²) in [6.07, 6.45) is 2.19. The maximum absolute atomic E-state index is 11.6. The Morgan fingerprint density at radius 3 is 3.07 bits per heavy atom. The van der Waals surface area contributed by atoms with E-state index in [1.807, 2.05) is 4.90 Å².